The van der Waals surface area contributed by atoms with Crippen molar-refractivity contribution < 1.29 is 13.3 Å². The Kier molecular flexibility index (Phi) is 11.0. The molecule has 0 atom stereocenters. The molecule has 10 heteroatoms. The minimum atomic E-state index is 0.415. The molecule has 0 unspecified atom stereocenters. The summed E-state index contributed by atoms with van der Waals surface area (Å²) < 4.78 is 18.3. The first kappa shape index (κ1) is 41.6. The van der Waals surface area contributed by atoms with Gasteiger partial charge in [-0.15, -0.1) is 30.6 Å². The summed E-state index contributed by atoms with van der Waals surface area (Å²) in [6.45, 7) is 0. The molecule has 0 aliphatic carbocycles. The zero-order chi connectivity index (χ0) is 46.6. The summed E-state index contributed by atoms with van der Waals surface area (Å²) in [5, 5.41) is 33.1. The maximum Gasteiger partial charge on any atom is 0.248 e. The highest BCUT2D eigenvalue weighted by atomic mass is 16.4. The van der Waals surface area contributed by atoms with Crippen molar-refractivity contribution in [2.75, 3.05) is 4.90 Å². The number of nitrogens with zero attached hydrogens (tertiary/aromatic N) is 7. The maximum absolute atomic E-state index is 6.10. The van der Waals surface area contributed by atoms with Crippen LogP contribution in [0.2, 0.25) is 0 Å². The van der Waals surface area contributed by atoms with Crippen molar-refractivity contribution >= 4 is 85.8 Å². The highest BCUT2D eigenvalue weighted by Gasteiger charge is 2.17. The maximum atomic E-state index is 6.10. The second-order valence-electron chi connectivity index (χ2n) is 16.6. The molecule has 9 aromatic carbocycles. The monoisotopic (exact) mass is 905 g/mol. The highest BCUT2D eigenvalue weighted by molar-refractivity contribution is 5.88. The summed E-state index contributed by atoms with van der Waals surface area (Å²) >= 11 is 0. The Hall–Kier alpha value is -9.80. The second kappa shape index (κ2) is 18.5. The minimum Gasteiger partial charge on any atom is -0.417 e. The van der Waals surface area contributed by atoms with Crippen molar-refractivity contribution in [3.05, 3.63) is 235 Å². The van der Waals surface area contributed by atoms with Gasteiger partial charge in [-0.1, -0.05) is 109 Å². The Morgan fingerprint density at radius 2 is 0.557 bits per heavy atom. The molecular formula is C60H39N7O3. The molecule has 0 saturated carbocycles. The van der Waals surface area contributed by atoms with E-state index in [9.17, 15) is 0 Å². The van der Waals surface area contributed by atoms with Crippen LogP contribution in [0.15, 0.2) is 213 Å². The van der Waals surface area contributed by atoms with Gasteiger partial charge in [0.15, 0.2) is 0 Å². The van der Waals surface area contributed by atoms with E-state index in [0.29, 0.717) is 35.3 Å². The van der Waals surface area contributed by atoms with Crippen LogP contribution in [0, 0.1) is 0 Å². The number of benzene rings is 9. The molecule has 10 nitrogen and oxygen atoms in total. The largest absolute Gasteiger partial charge is 0.417 e. The average Bonchev–Trinajstić information content (AvgIpc) is 4.23. The standard InChI is InChI=1S/C60H39N7O3/c1-4-10-49-37-40(13-19-43(49)7-1)16-34-55-61-64-58(68-55)46-22-28-52(29-23-46)67(53-30-24-47(25-31-53)59-65-62-56(69-59)35-17-41-14-20-44-8-2-5-11-50(44)38-41)54-32-26-48(27-33-54)60-66-63-57(70-60)36-18-42-15-21-45-9-3-6-12-51(45)39-42/h1-39H. The van der Waals surface area contributed by atoms with Crippen molar-refractivity contribution in [2.45, 2.75) is 0 Å². The molecule has 0 saturated heterocycles. The molecule has 3 heterocycles. The summed E-state index contributed by atoms with van der Waals surface area (Å²) in [7, 11) is 0. The van der Waals surface area contributed by atoms with Crippen LogP contribution in [0.3, 0.4) is 0 Å². The van der Waals surface area contributed by atoms with Gasteiger partial charge < -0.3 is 18.2 Å². The molecule has 0 spiro atoms. The normalized spacial score (nSPS) is 11.8. The molecule has 3 aromatic heterocycles. The fraction of sp³-hybridized carbons (Fsp3) is 0. The lowest BCUT2D eigenvalue weighted by atomic mass is 10.1. The zero-order valence-corrected chi connectivity index (χ0v) is 37.4. The number of hydrogen-bond acceptors (Lipinski definition) is 10. The molecule has 12 aromatic rings. The molecular weight excluding hydrogens is 867 g/mol. The Balaban J connectivity index is 0.802. The van der Waals surface area contributed by atoms with E-state index < -0.39 is 0 Å². The second-order valence-corrected chi connectivity index (χ2v) is 16.6. The third kappa shape index (κ3) is 8.91. The van der Waals surface area contributed by atoms with E-state index in [1.807, 2.05) is 146 Å². The van der Waals surface area contributed by atoms with Gasteiger partial charge in [0, 0.05) is 52.0 Å². The molecule has 12 rings (SSSR count). The van der Waals surface area contributed by atoms with E-state index in [-0.39, 0.29) is 0 Å². The van der Waals surface area contributed by atoms with Crippen LogP contribution in [0.5, 0.6) is 0 Å². The van der Waals surface area contributed by atoms with E-state index in [1.165, 1.54) is 32.3 Å². The van der Waals surface area contributed by atoms with Gasteiger partial charge in [-0.05, 0) is 158 Å². The number of anilines is 3. The van der Waals surface area contributed by atoms with Crippen molar-refractivity contribution in [3.63, 3.8) is 0 Å². The average molecular weight is 906 g/mol. The Bertz CT molecular complexity index is 3500. The van der Waals surface area contributed by atoms with Crippen molar-refractivity contribution in [1.82, 2.24) is 30.6 Å². The van der Waals surface area contributed by atoms with E-state index in [4.69, 9.17) is 13.3 Å². The summed E-state index contributed by atoms with van der Waals surface area (Å²) in [6, 6.07) is 67.8. The molecule has 0 aliphatic rings. The molecule has 0 bridgehead atoms. The van der Waals surface area contributed by atoms with Crippen LogP contribution in [-0.2, 0) is 0 Å². The summed E-state index contributed by atoms with van der Waals surface area (Å²) in [4.78, 5) is 2.15. The smallest absolute Gasteiger partial charge is 0.248 e. The van der Waals surface area contributed by atoms with Gasteiger partial charge in [0.1, 0.15) is 0 Å². The molecule has 332 valence electrons. The number of aromatic nitrogens is 6. The van der Waals surface area contributed by atoms with Gasteiger partial charge in [0.2, 0.25) is 35.3 Å². The number of rotatable bonds is 12. The van der Waals surface area contributed by atoms with Crippen molar-refractivity contribution in [2.24, 2.45) is 0 Å². The topological polar surface area (TPSA) is 120 Å². The predicted molar refractivity (Wildman–Crippen MR) is 280 cm³/mol. The first-order chi connectivity index (χ1) is 34.6. The third-order valence-electron chi connectivity index (χ3n) is 12.0. The first-order valence-corrected chi connectivity index (χ1v) is 22.7. The lowest BCUT2D eigenvalue weighted by molar-refractivity contribution is 0.557. The van der Waals surface area contributed by atoms with Gasteiger partial charge in [-0.25, -0.2) is 0 Å². The van der Waals surface area contributed by atoms with Crippen LogP contribution >= 0.6 is 0 Å². The summed E-state index contributed by atoms with van der Waals surface area (Å²) in [6.07, 6.45) is 11.4. The van der Waals surface area contributed by atoms with Crippen molar-refractivity contribution in [1.29, 1.82) is 0 Å². The Morgan fingerprint density at radius 1 is 0.271 bits per heavy atom. The van der Waals surface area contributed by atoms with Gasteiger partial charge in [0.25, 0.3) is 0 Å². The van der Waals surface area contributed by atoms with Crippen LogP contribution in [0.1, 0.15) is 34.4 Å². The molecule has 70 heavy (non-hydrogen) atoms. The van der Waals surface area contributed by atoms with Gasteiger partial charge in [-0.3, -0.25) is 0 Å². The molecule has 0 amide bonds. The fourth-order valence-corrected chi connectivity index (χ4v) is 8.40. The third-order valence-corrected chi connectivity index (χ3v) is 12.0. The summed E-state index contributed by atoms with van der Waals surface area (Å²) in [5.41, 5.74) is 8.20. The molecule has 0 aliphatic heterocycles. The molecule has 0 radical (unpaired) electrons. The fourth-order valence-electron chi connectivity index (χ4n) is 8.40. The zero-order valence-electron chi connectivity index (χ0n) is 37.4. The lowest BCUT2D eigenvalue weighted by Crippen LogP contribution is -2.09. The van der Waals surface area contributed by atoms with Gasteiger partial charge in [0.05, 0.1) is 0 Å². The van der Waals surface area contributed by atoms with Gasteiger partial charge in [-0.2, -0.15) is 0 Å². The molecule has 0 fully saturated rings. The van der Waals surface area contributed by atoms with E-state index in [1.54, 1.807) is 0 Å². The van der Waals surface area contributed by atoms with Gasteiger partial charge >= 0.3 is 0 Å². The first-order valence-electron chi connectivity index (χ1n) is 22.7. The van der Waals surface area contributed by atoms with Crippen LogP contribution in [0.4, 0.5) is 17.1 Å². The lowest BCUT2D eigenvalue weighted by Gasteiger charge is -2.25. The van der Waals surface area contributed by atoms with Crippen LogP contribution < -0.4 is 4.90 Å². The Labute approximate surface area is 401 Å². The highest BCUT2D eigenvalue weighted by Crippen LogP contribution is 2.38. The number of hydrogen-bond donors (Lipinski definition) is 0. The van der Waals surface area contributed by atoms with Crippen LogP contribution in [0.25, 0.3) is 103 Å². The summed E-state index contributed by atoms with van der Waals surface area (Å²) in [5.74, 6) is 2.50. The number of fused-ring (bicyclic) bond motifs is 3. The van der Waals surface area contributed by atoms with E-state index in [0.717, 1.165) is 50.4 Å². The SMILES string of the molecule is C(=Cc1nnc(-c2ccc(N(c3ccc(-c4nnc(C=Cc5ccc6ccccc6c5)o4)cc3)c3ccc(-c4nnc(C=Cc5ccc6ccccc6c5)o4)cc3)cc2)o1)c1ccc2ccccc2c1. The van der Waals surface area contributed by atoms with Crippen LogP contribution in [-0.4, -0.2) is 30.6 Å². The van der Waals surface area contributed by atoms with E-state index in [2.05, 4.69) is 126 Å². The minimum absolute atomic E-state index is 0.415. The Morgan fingerprint density at radius 3 is 0.857 bits per heavy atom. The van der Waals surface area contributed by atoms with Crippen molar-refractivity contribution in [3.8, 4) is 34.4 Å². The predicted octanol–water partition coefficient (Wildman–Crippen LogP) is 15.3. The quantitative estimate of drug-likeness (QED) is 0.117. The van der Waals surface area contributed by atoms with E-state index >= 15 is 0 Å². The molecule has 0 N–H and O–H groups in total.